The van der Waals surface area contributed by atoms with Gasteiger partial charge in [0.05, 0.1) is 0 Å². The predicted molar refractivity (Wildman–Crippen MR) is 80.8 cm³/mol. The molecule has 2 rings (SSSR count). The van der Waals surface area contributed by atoms with Crippen molar-refractivity contribution in [2.75, 3.05) is 13.3 Å². The van der Waals surface area contributed by atoms with E-state index < -0.39 is 17.9 Å². The number of ether oxygens (including phenoxy) is 1. The van der Waals surface area contributed by atoms with Crippen LogP contribution >= 0.6 is 7.14 Å². The van der Waals surface area contributed by atoms with Gasteiger partial charge in [-0.25, -0.2) is 0 Å². The third-order valence-corrected chi connectivity index (χ3v) is 4.14. The maximum absolute atomic E-state index is 12.0. The molecule has 6 nitrogen and oxygen atoms in total. The van der Waals surface area contributed by atoms with Gasteiger partial charge in [0, 0.05) is 0 Å². The van der Waals surface area contributed by atoms with Crippen molar-refractivity contribution in [2.24, 2.45) is 0 Å². The first-order valence-corrected chi connectivity index (χ1v) is 8.86. The summed E-state index contributed by atoms with van der Waals surface area (Å²) >= 11 is 0. The van der Waals surface area contributed by atoms with E-state index in [1.165, 1.54) is 25.5 Å². The third kappa shape index (κ3) is 3.89. The maximum atomic E-state index is 12.0. The molecule has 0 unspecified atom stereocenters. The minimum Gasteiger partial charge on any atom is -0.481 e. The van der Waals surface area contributed by atoms with Crippen molar-refractivity contribution < 1.29 is 14.2 Å². The van der Waals surface area contributed by atoms with Crippen molar-refractivity contribution in [1.82, 2.24) is 4.98 Å². The number of rotatable bonds is 5. The molecule has 1 heterocycles. The zero-order valence-electron chi connectivity index (χ0n) is 11.7. The largest absolute Gasteiger partial charge is 0.481 e. The monoisotopic (exact) mass is 306 g/mol. The van der Waals surface area contributed by atoms with E-state index in [0.29, 0.717) is 0 Å². The van der Waals surface area contributed by atoms with E-state index in [1.807, 2.05) is 30.3 Å². The smallest absolute Gasteiger partial charge is 0.406 e. The molecular formula is C14H15N2O4P. The van der Waals surface area contributed by atoms with Gasteiger partial charge >= 0.3 is 5.82 Å². The van der Waals surface area contributed by atoms with Crippen molar-refractivity contribution >= 4 is 18.4 Å². The summed E-state index contributed by atoms with van der Waals surface area (Å²) in [5, 5.41) is 11.1. The number of hydrogen-bond acceptors (Lipinski definition) is 5. The molecule has 0 amide bonds. The highest BCUT2D eigenvalue weighted by atomic mass is 31.2. The molecule has 0 saturated carbocycles. The summed E-state index contributed by atoms with van der Waals surface area (Å²) < 4.78 is 17.4. The molecule has 0 spiro atoms. The second-order valence-electron chi connectivity index (χ2n) is 4.87. The summed E-state index contributed by atoms with van der Waals surface area (Å²) in [6.45, 7) is 3.24. The molecule has 0 aliphatic rings. The zero-order chi connectivity index (χ0) is 15.5. The normalized spacial score (nSPS) is 11.1. The van der Waals surface area contributed by atoms with Gasteiger partial charge in [0.25, 0.3) is 0 Å². The quantitative estimate of drug-likeness (QED) is 0.482. The number of benzene rings is 1. The molecule has 0 atom stereocenters. The van der Waals surface area contributed by atoms with Crippen LogP contribution in [0.5, 0.6) is 5.75 Å². The summed E-state index contributed by atoms with van der Waals surface area (Å²) in [4.78, 5) is 14.3. The van der Waals surface area contributed by atoms with Crippen molar-refractivity contribution in [3.05, 3.63) is 58.1 Å². The second kappa shape index (κ2) is 6.06. The fourth-order valence-electron chi connectivity index (χ4n) is 1.70. The number of nitrogens with zero attached hydrogens (tertiary/aromatic N) is 2. The van der Waals surface area contributed by atoms with Crippen molar-refractivity contribution in [1.29, 1.82) is 0 Å². The van der Waals surface area contributed by atoms with Crippen molar-refractivity contribution in [3.63, 3.8) is 0 Å². The van der Waals surface area contributed by atoms with Crippen LogP contribution in [-0.2, 0) is 11.2 Å². The van der Waals surface area contributed by atoms with E-state index in [9.17, 15) is 14.7 Å². The van der Waals surface area contributed by atoms with Crippen LogP contribution in [-0.4, -0.2) is 23.2 Å². The topological polar surface area (TPSA) is 82.3 Å². The van der Waals surface area contributed by atoms with Crippen molar-refractivity contribution in [2.45, 2.75) is 6.61 Å². The summed E-state index contributed by atoms with van der Waals surface area (Å²) in [5.41, 5.74) is 1.12. The number of hydrogen-bond donors (Lipinski definition) is 0. The van der Waals surface area contributed by atoms with Crippen molar-refractivity contribution in [3.8, 4) is 5.75 Å². The van der Waals surface area contributed by atoms with E-state index in [-0.39, 0.29) is 17.8 Å². The Labute approximate surface area is 122 Å². The second-order valence-corrected chi connectivity index (χ2v) is 8.03. The van der Waals surface area contributed by atoms with E-state index in [2.05, 4.69) is 4.98 Å². The minimum absolute atomic E-state index is 0.0704. The minimum atomic E-state index is -2.65. The lowest BCUT2D eigenvalue weighted by atomic mass is 10.2. The van der Waals surface area contributed by atoms with E-state index >= 15 is 0 Å². The van der Waals surface area contributed by atoms with Gasteiger partial charge in [0.1, 0.15) is 6.61 Å². The van der Waals surface area contributed by atoms with Gasteiger partial charge in [-0.1, -0.05) is 30.3 Å². The van der Waals surface area contributed by atoms with Crippen LogP contribution in [0.2, 0.25) is 0 Å². The lowest BCUT2D eigenvalue weighted by Gasteiger charge is -2.08. The lowest BCUT2D eigenvalue weighted by Crippen LogP contribution is -2.12. The summed E-state index contributed by atoms with van der Waals surface area (Å²) in [6, 6.07) is 12.3. The average Bonchev–Trinajstić information content (AvgIpc) is 2.45. The average molecular weight is 306 g/mol. The summed E-state index contributed by atoms with van der Waals surface area (Å²) in [6.07, 6.45) is 0. The Hall–Kier alpha value is -2.20. The van der Waals surface area contributed by atoms with E-state index in [4.69, 9.17) is 4.74 Å². The first-order valence-electron chi connectivity index (χ1n) is 6.25. The molecule has 110 valence electrons. The van der Waals surface area contributed by atoms with Gasteiger partial charge < -0.3 is 19.4 Å². The highest BCUT2D eigenvalue weighted by Gasteiger charge is 2.25. The number of nitro groups is 1. The van der Waals surface area contributed by atoms with Crippen LogP contribution in [0.15, 0.2) is 42.5 Å². The summed E-state index contributed by atoms with van der Waals surface area (Å²) in [5.74, 6) is -0.339. The molecule has 21 heavy (non-hydrogen) atoms. The van der Waals surface area contributed by atoms with Crippen LogP contribution in [0.1, 0.15) is 5.56 Å². The van der Waals surface area contributed by atoms with Gasteiger partial charge in [-0.3, -0.25) is 0 Å². The molecule has 0 fully saturated rings. The number of pyridine rings is 1. The lowest BCUT2D eigenvalue weighted by molar-refractivity contribution is -0.390. The molecule has 0 N–H and O–H groups in total. The molecule has 0 aliphatic carbocycles. The summed E-state index contributed by atoms with van der Waals surface area (Å²) in [7, 11) is -2.65. The highest BCUT2D eigenvalue weighted by molar-refractivity contribution is 7.69. The van der Waals surface area contributed by atoms with E-state index in [1.54, 1.807) is 0 Å². The van der Waals surface area contributed by atoms with Gasteiger partial charge in [0.15, 0.2) is 7.14 Å². The van der Waals surface area contributed by atoms with Crippen LogP contribution in [0.25, 0.3) is 0 Å². The van der Waals surface area contributed by atoms with Gasteiger partial charge in [-0.05, 0) is 40.9 Å². The van der Waals surface area contributed by atoms with Gasteiger partial charge in [-0.15, -0.1) is 0 Å². The first-order chi connectivity index (χ1) is 9.88. The molecule has 7 heteroatoms. The third-order valence-electron chi connectivity index (χ3n) is 2.79. The fraction of sp³-hybridized carbons (Fsp3) is 0.214. The van der Waals surface area contributed by atoms with E-state index in [0.717, 1.165) is 5.56 Å². The molecule has 1 aromatic carbocycles. The molecule has 2 aromatic rings. The Morgan fingerprint density at radius 3 is 2.43 bits per heavy atom. The van der Waals surface area contributed by atoms with Crippen LogP contribution in [0, 0.1) is 10.1 Å². The van der Waals surface area contributed by atoms with Gasteiger partial charge in [-0.2, -0.15) is 0 Å². The Morgan fingerprint density at radius 1 is 1.19 bits per heavy atom. The van der Waals surface area contributed by atoms with Crippen LogP contribution in [0.3, 0.4) is 0 Å². The molecule has 1 aromatic heterocycles. The Bertz CT molecular complexity index is 697. The molecular weight excluding hydrogens is 291 g/mol. The van der Waals surface area contributed by atoms with Crippen LogP contribution < -0.4 is 10.2 Å². The highest BCUT2D eigenvalue weighted by Crippen LogP contribution is 2.36. The SMILES string of the molecule is CP(C)(=O)c1ccc(OCc2ccccc2)c([N+](=O)[O-])n1. The Balaban J connectivity index is 2.27. The standard InChI is InChI=1S/C14H15N2O4P/c1-21(2,19)13-9-8-12(14(15-13)16(17)18)20-10-11-6-4-3-5-7-11/h3-9H,10H2,1-2H3. The van der Waals surface area contributed by atoms with Gasteiger partial charge in [0.2, 0.25) is 11.2 Å². The number of aromatic nitrogens is 1. The molecule has 0 saturated heterocycles. The fourth-order valence-corrected chi connectivity index (χ4v) is 2.47. The predicted octanol–water partition coefficient (Wildman–Crippen LogP) is 2.82. The Morgan fingerprint density at radius 2 is 1.86 bits per heavy atom. The van der Waals surface area contributed by atoms with Crippen LogP contribution in [0.4, 0.5) is 5.82 Å². The maximum Gasteiger partial charge on any atom is 0.406 e. The first kappa shape index (κ1) is 15.2. The molecule has 0 aliphatic heterocycles. The Kier molecular flexibility index (Phi) is 4.38. The molecule has 0 bridgehead atoms. The molecule has 0 radical (unpaired) electrons. The zero-order valence-corrected chi connectivity index (χ0v) is 12.6.